The van der Waals surface area contributed by atoms with Crippen LogP contribution in [0.25, 0.3) is 22.5 Å². The van der Waals surface area contributed by atoms with Crippen molar-refractivity contribution < 1.29 is 14.0 Å². The molecule has 0 radical (unpaired) electrons. The van der Waals surface area contributed by atoms with Crippen LogP contribution in [0.2, 0.25) is 0 Å². The molecule has 0 aliphatic rings. The molecule has 6 heteroatoms. The molecule has 0 amide bonds. The molecule has 3 aromatic rings. The van der Waals surface area contributed by atoms with Crippen LogP contribution in [0.1, 0.15) is 0 Å². The smallest absolute Gasteiger partial charge is 0.361 e. The van der Waals surface area contributed by atoms with Gasteiger partial charge in [0.05, 0.1) is 6.26 Å². The van der Waals surface area contributed by atoms with Crippen LogP contribution in [0, 0.1) is 5.21 Å². The van der Waals surface area contributed by atoms with E-state index >= 15 is 0 Å². The van der Waals surface area contributed by atoms with Crippen molar-refractivity contribution in [2.75, 3.05) is 7.11 Å². The van der Waals surface area contributed by atoms with E-state index < -0.39 is 5.56 Å². The molecule has 19 heavy (non-hydrogen) atoms. The normalized spacial score (nSPS) is 10.8. The van der Waals surface area contributed by atoms with Crippen LogP contribution in [0.5, 0.6) is 0 Å². The second-order valence-corrected chi connectivity index (χ2v) is 3.89. The molecule has 0 saturated heterocycles. The molecule has 0 saturated carbocycles. The predicted molar refractivity (Wildman–Crippen MR) is 67.4 cm³/mol. The summed E-state index contributed by atoms with van der Waals surface area (Å²) in [6, 6.07) is 9.86. The average Bonchev–Trinajstić information content (AvgIpc) is 2.93. The fourth-order valence-electron chi connectivity index (χ4n) is 2.02. The number of hydrogen-bond donors (Lipinski definition) is 0. The monoisotopic (exact) mass is 258 g/mol. The first kappa shape index (κ1) is 11.3. The number of hydrogen-bond acceptors (Lipinski definition) is 4. The van der Waals surface area contributed by atoms with Gasteiger partial charge in [-0.1, -0.05) is 12.1 Å². The zero-order valence-electron chi connectivity index (χ0n) is 10.1. The standard InChI is InChI=1S/C13H10N2O4/c1-18-15-10-6-3-2-5-9(10)14(17)12(13(15)16)11-7-4-8-19-11/h2-8H,1H3. The van der Waals surface area contributed by atoms with E-state index in [9.17, 15) is 10.0 Å². The molecular formula is C13H10N2O4. The van der Waals surface area contributed by atoms with Crippen LogP contribution >= 0.6 is 0 Å². The van der Waals surface area contributed by atoms with Gasteiger partial charge in [0.2, 0.25) is 11.3 Å². The van der Waals surface area contributed by atoms with Gasteiger partial charge in [0, 0.05) is 6.07 Å². The van der Waals surface area contributed by atoms with E-state index in [2.05, 4.69) is 0 Å². The maximum Gasteiger partial charge on any atom is 0.361 e. The maximum absolute atomic E-state index is 12.3. The van der Waals surface area contributed by atoms with Crippen LogP contribution in [0.4, 0.5) is 0 Å². The van der Waals surface area contributed by atoms with Crippen LogP contribution < -0.4 is 15.1 Å². The Bertz CT molecular complexity index is 790. The lowest BCUT2D eigenvalue weighted by Crippen LogP contribution is -2.42. The third-order valence-electron chi connectivity index (χ3n) is 2.85. The largest absolute Gasteiger partial charge is 0.618 e. The summed E-state index contributed by atoms with van der Waals surface area (Å²) in [7, 11) is 1.37. The summed E-state index contributed by atoms with van der Waals surface area (Å²) in [5.41, 5.74) is 0.0624. The third-order valence-corrected chi connectivity index (χ3v) is 2.85. The van der Waals surface area contributed by atoms with E-state index in [4.69, 9.17) is 9.25 Å². The van der Waals surface area contributed by atoms with E-state index in [-0.39, 0.29) is 11.5 Å². The Kier molecular flexibility index (Phi) is 2.49. The summed E-state index contributed by atoms with van der Waals surface area (Å²) in [5, 5.41) is 12.3. The molecule has 0 bridgehead atoms. The number of fused-ring (bicyclic) bond motifs is 1. The molecule has 0 fully saturated rings. The molecule has 2 aromatic heterocycles. The topological polar surface area (TPSA) is 71.3 Å². The molecule has 0 aliphatic carbocycles. The predicted octanol–water partition coefficient (Wildman–Crippen LogP) is 0.953. The van der Waals surface area contributed by atoms with E-state index in [0.29, 0.717) is 15.8 Å². The zero-order valence-corrected chi connectivity index (χ0v) is 10.1. The van der Waals surface area contributed by atoms with Gasteiger partial charge in [0.25, 0.3) is 0 Å². The van der Waals surface area contributed by atoms with Gasteiger partial charge in [-0.15, -0.1) is 4.73 Å². The average molecular weight is 258 g/mol. The van der Waals surface area contributed by atoms with Gasteiger partial charge in [-0.25, -0.2) is 0 Å². The first-order valence-corrected chi connectivity index (χ1v) is 5.59. The zero-order chi connectivity index (χ0) is 13.4. The summed E-state index contributed by atoms with van der Waals surface area (Å²) in [6.45, 7) is 0. The van der Waals surface area contributed by atoms with Crippen molar-refractivity contribution in [1.29, 1.82) is 0 Å². The Labute approximate surface area is 107 Å². The number of para-hydroxylation sites is 2. The number of nitrogens with zero attached hydrogens (tertiary/aromatic N) is 2. The van der Waals surface area contributed by atoms with Crippen molar-refractivity contribution in [3.63, 3.8) is 0 Å². The Morgan fingerprint density at radius 3 is 2.74 bits per heavy atom. The highest BCUT2D eigenvalue weighted by atomic mass is 16.7. The molecule has 0 aliphatic heterocycles. The first-order valence-electron chi connectivity index (χ1n) is 5.59. The molecule has 3 rings (SSSR count). The summed E-state index contributed by atoms with van der Waals surface area (Å²) >= 11 is 0. The number of aromatic nitrogens is 2. The van der Waals surface area contributed by atoms with Crippen LogP contribution in [0.15, 0.2) is 51.9 Å². The molecule has 6 nitrogen and oxygen atoms in total. The van der Waals surface area contributed by atoms with Crippen molar-refractivity contribution in [3.8, 4) is 11.5 Å². The Morgan fingerprint density at radius 2 is 2.05 bits per heavy atom. The lowest BCUT2D eigenvalue weighted by atomic mass is 10.2. The van der Waals surface area contributed by atoms with E-state index in [1.807, 2.05) is 0 Å². The summed E-state index contributed by atoms with van der Waals surface area (Å²) in [6.07, 6.45) is 1.40. The van der Waals surface area contributed by atoms with Gasteiger partial charge >= 0.3 is 11.3 Å². The molecular weight excluding hydrogens is 248 g/mol. The van der Waals surface area contributed by atoms with E-state index in [1.54, 1.807) is 36.4 Å². The second kappa shape index (κ2) is 4.16. The SMILES string of the molecule is COn1c(=O)c(-c2ccco2)[n+]([O-])c2ccccc21. The molecule has 96 valence electrons. The molecule has 0 N–H and O–H groups in total. The quantitative estimate of drug-likeness (QED) is 0.507. The number of rotatable bonds is 2. The van der Waals surface area contributed by atoms with Gasteiger partial charge in [-0.2, -0.15) is 4.73 Å². The van der Waals surface area contributed by atoms with Crippen LogP contribution in [-0.2, 0) is 0 Å². The van der Waals surface area contributed by atoms with Crippen molar-refractivity contribution in [3.05, 3.63) is 58.2 Å². The summed E-state index contributed by atoms with van der Waals surface area (Å²) < 4.78 is 6.77. The highest BCUT2D eigenvalue weighted by molar-refractivity contribution is 5.72. The third kappa shape index (κ3) is 1.57. The van der Waals surface area contributed by atoms with Gasteiger partial charge < -0.3 is 14.5 Å². The molecule has 0 spiro atoms. The highest BCUT2D eigenvalue weighted by Gasteiger charge is 2.24. The van der Waals surface area contributed by atoms with Crippen molar-refractivity contribution in [1.82, 2.24) is 4.73 Å². The summed E-state index contributed by atoms with van der Waals surface area (Å²) in [5.74, 6) is 0.205. The van der Waals surface area contributed by atoms with E-state index in [1.165, 1.54) is 13.4 Å². The Balaban J connectivity index is 2.50. The van der Waals surface area contributed by atoms with Crippen molar-refractivity contribution in [2.24, 2.45) is 0 Å². The summed E-state index contributed by atoms with van der Waals surface area (Å²) in [4.78, 5) is 17.4. The molecule has 0 atom stereocenters. The van der Waals surface area contributed by atoms with Crippen LogP contribution in [-0.4, -0.2) is 11.8 Å². The lowest BCUT2D eigenvalue weighted by Gasteiger charge is -2.10. The lowest BCUT2D eigenvalue weighted by molar-refractivity contribution is -0.567. The van der Waals surface area contributed by atoms with Gasteiger partial charge in [0.1, 0.15) is 7.11 Å². The highest BCUT2D eigenvalue weighted by Crippen LogP contribution is 2.15. The fraction of sp³-hybridized carbons (Fsp3) is 0.0769. The second-order valence-electron chi connectivity index (χ2n) is 3.89. The van der Waals surface area contributed by atoms with E-state index in [0.717, 1.165) is 4.73 Å². The Hall–Kier alpha value is -2.76. The number of benzene rings is 1. The minimum Gasteiger partial charge on any atom is -0.618 e. The van der Waals surface area contributed by atoms with Gasteiger partial charge in [-0.05, 0) is 18.2 Å². The molecule has 2 heterocycles. The number of furan rings is 1. The first-order chi connectivity index (χ1) is 9.24. The molecule has 0 unspecified atom stereocenters. The van der Waals surface area contributed by atoms with Crippen molar-refractivity contribution in [2.45, 2.75) is 0 Å². The van der Waals surface area contributed by atoms with Crippen LogP contribution in [0.3, 0.4) is 0 Å². The van der Waals surface area contributed by atoms with Gasteiger partial charge in [0.15, 0.2) is 5.52 Å². The maximum atomic E-state index is 12.3. The minimum absolute atomic E-state index is 0.106. The molecule has 1 aromatic carbocycles. The fourth-order valence-corrected chi connectivity index (χ4v) is 2.02. The van der Waals surface area contributed by atoms with Crippen molar-refractivity contribution >= 4 is 11.0 Å². The minimum atomic E-state index is -0.564. The Morgan fingerprint density at radius 1 is 1.26 bits per heavy atom. The van der Waals surface area contributed by atoms with Gasteiger partial charge in [-0.3, -0.25) is 4.79 Å².